The van der Waals surface area contributed by atoms with Crippen molar-refractivity contribution in [3.8, 4) is 5.75 Å². The molecule has 0 saturated carbocycles. The molecule has 0 aliphatic rings. The van der Waals surface area contributed by atoms with Crippen LogP contribution in [0.1, 0.15) is 24.1 Å². The van der Waals surface area contributed by atoms with E-state index in [0.29, 0.717) is 0 Å². The molecule has 0 spiro atoms. The maximum absolute atomic E-state index is 6.40. The third kappa shape index (κ3) is 4.01. The number of rotatable bonds is 5. The van der Waals surface area contributed by atoms with Crippen molar-refractivity contribution in [3.05, 3.63) is 61.5 Å². The predicted molar refractivity (Wildman–Crippen MR) is 95.4 cm³/mol. The van der Waals surface area contributed by atoms with E-state index in [1.165, 1.54) is 0 Å². The van der Waals surface area contributed by atoms with Gasteiger partial charge in [-0.15, -0.1) is 0 Å². The first kappa shape index (κ1) is 16.8. The van der Waals surface area contributed by atoms with Gasteiger partial charge in [-0.2, -0.15) is 0 Å². The molecule has 5 heteroatoms. The fourth-order valence-corrected chi connectivity index (χ4v) is 3.55. The van der Waals surface area contributed by atoms with Gasteiger partial charge < -0.3 is 10.1 Å². The topological polar surface area (TPSA) is 21.3 Å². The van der Waals surface area contributed by atoms with Crippen molar-refractivity contribution in [3.63, 3.8) is 0 Å². The molecule has 1 N–H and O–H groups in total. The van der Waals surface area contributed by atoms with Gasteiger partial charge in [0, 0.05) is 9.50 Å². The highest BCUT2D eigenvalue weighted by Gasteiger charge is 2.17. The zero-order chi connectivity index (χ0) is 15.4. The van der Waals surface area contributed by atoms with Gasteiger partial charge in [0.25, 0.3) is 0 Å². The summed E-state index contributed by atoms with van der Waals surface area (Å²) in [7, 11) is 1.66. The second kappa shape index (κ2) is 7.63. The van der Waals surface area contributed by atoms with E-state index < -0.39 is 0 Å². The van der Waals surface area contributed by atoms with Gasteiger partial charge in [0.05, 0.1) is 17.6 Å². The van der Waals surface area contributed by atoms with Crippen LogP contribution in [-0.4, -0.2) is 13.7 Å². The quantitative estimate of drug-likeness (QED) is 0.665. The molecule has 112 valence electrons. The van der Waals surface area contributed by atoms with E-state index in [2.05, 4.69) is 56.2 Å². The smallest absolute Gasteiger partial charge is 0.133 e. The van der Waals surface area contributed by atoms with Crippen molar-refractivity contribution in [2.24, 2.45) is 0 Å². The molecule has 0 bridgehead atoms. The van der Waals surface area contributed by atoms with E-state index in [0.717, 1.165) is 37.4 Å². The molecule has 2 aromatic rings. The zero-order valence-electron chi connectivity index (χ0n) is 11.8. The molecule has 0 saturated heterocycles. The Balaban J connectivity index is 2.45. The van der Waals surface area contributed by atoms with Gasteiger partial charge in [-0.25, -0.2) is 0 Å². The number of benzene rings is 2. The van der Waals surface area contributed by atoms with E-state index >= 15 is 0 Å². The highest BCUT2D eigenvalue weighted by Crippen LogP contribution is 2.34. The number of methoxy groups -OCH3 is 1. The Labute approximate surface area is 147 Å². The molecule has 0 fully saturated rings. The summed E-state index contributed by atoms with van der Waals surface area (Å²) in [6.45, 7) is 2.93. The molecule has 0 heterocycles. The third-order valence-corrected chi connectivity index (χ3v) is 4.63. The molecule has 0 aromatic heterocycles. The molecule has 0 aliphatic carbocycles. The average molecular weight is 434 g/mol. The molecular weight excluding hydrogens is 417 g/mol. The molecule has 1 unspecified atom stereocenters. The van der Waals surface area contributed by atoms with Gasteiger partial charge in [0.15, 0.2) is 0 Å². The summed E-state index contributed by atoms with van der Waals surface area (Å²) in [5.41, 5.74) is 2.19. The molecular formula is C16H16Br2ClNO. The number of halogens is 3. The predicted octanol–water partition coefficient (Wildman–Crippen LogP) is 5.57. The van der Waals surface area contributed by atoms with E-state index in [9.17, 15) is 0 Å². The minimum absolute atomic E-state index is 0.0396. The molecule has 0 radical (unpaired) electrons. The van der Waals surface area contributed by atoms with Gasteiger partial charge in [-0.05, 0) is 57.9 Å². The molecule has 0 amide bonds. The lowest BCUT2D eigenvalue weighted by atomic mass is 9.98. The molecule has 1 atom stereocenters. The molecule has 2 aromatic carbocycles. The Kier molecular flexibility index (Phi) is 6.11. The molecule has 0 aliphatic heterocycles. The largest absolute Gasteiger partial charge is 0.496 e. The monoisotopic (exact) mass is 431 g/mol. The second-order valence-electron chi connectivity index (χ2n) is 4.55. The van der Waals surface area contributed by atoms with Crippen LogP contribution < -0.4 is 10.1 Å². The zero-order valence-corrected chi connectivity index (χ0v) is 15.7. The summed E-state index contributed by atoms with van der Waals surface area (Å²) < 4.78 is 7.19. The fraction of sp³-hybridized carbons (Fsp3) is 0.250. The highest BCUT2D eigenvalue weighted by molar-refractivity contribution is 9.10. The van der Waals surface area contributed by atoms with Crippen molar-refractivity contribution in [2.45, 2.75) is 13.0 Å². The summed E-state index contributed by atoms with van der Waals surface area (Å²) in [6.07, 6.45) is 0. The Morgan fingerprint density at radius 3 is 2.52 bits per heavy atom. The van der Waals surface area contributed by atoms with Crippen LogP contribution in [-0.2, 0) is 0 Å². The summed E-state index contributed by atoms with van der Waals surface area (Å²) in [5.74, 6) is 0.816. The van der Waals surface area contributed by atoms with Crippen LogP contribution in [0.5, 0.6) is 5.75 Å². The average Bonchev–Trinajstić information content (AvgIpc) is 2.45. The summed E-state index contributed by atoms with van der Waals surface area (Å²) in [6, 6.07) is 12.1. The SMILES string of the molecule is CCNC(c1ccc(OC)c(Br)c1)c1ccc(Br)cc1Cl. The first-order valence-corrected chi connectivity index (χ1v) is 8.55. The van der Waals surface area contributed by atoms with E-state index in [4.69, 9.17) is 16.3 Å². The van der Waals surface area contributed by atoms with Crippen LogP contribution in [0, 0.1) is 0 Å². The maximum atomic E-state index is 6.40. The number of hydrogen-bond donors (Lipinski definition) is 1. The Morgan fingerprint density at radius 2 is 1.95 bits per heavy atom. The van der Waals surface area contributed by atoms with E-state index in [-0.39, 0.29) is 6.04 Å². The lowest BCUT2D eigenvalue weighted by molar-refractivity contribution is 0.412. The normalized spacial score (nSPS) is 12.2. The standard InChI is InChI=1S/C16H16Br2ClNO/c1-3-20-16(12-6-5-11(17)9-14(12)19)10-4-7-15(21-2)13(18)8-10/h4-9,16,20H,3H2,1-2H3. The van der Waals surface area contributed by atoms with Crippen LogP contribution in [0.25, 0.3) is 0 Å². The van der Waals surface area contributed by atoms with Crippen LogP contribution in [0.4, 0.5) is 0 Å². The second-order valence-corrected chi connectivity index (χ2v) is 6.73. The van der Waals surface area contributed by atoms with Crippen molar-refractivity contribution < 1.29 is 4.74 Å². The van der Waals surface area contributed by atoms with Gasteiger partial charge in [0.1, 0.15) is 5.75 Å². The van der Waals surface area contributed by atoms with Gasteiger partial charge >= 0.3 is 0 Å². The van der Waals surface area contributed by atoms with Gasteiger partial charge in [-0.1, -0.05) is 46.6 Å². The number of ether oxygens (including phenoxy) is 1. The summed E-state index contributed by atoms with van der Waals surface area (Å²) >= 11 is 13.4. The van der Waals surface area contributed by atoms with Gasteiger partial charge in [0.2, 0.25) is 0 Å². The van der Waals surface area contributed by atoms with Crippen molar-refractivity contribution in [1.82, 2.24) is 5.32 Å². The Bertz CT molecular complexity index is 634. The van der Waals surface area contributed by atoms with Crippen LogP contribution in [0.2, 0.25) is 5.02 Å². The van der Waals surface area contributed by atoms with E-state index in [1.54, 1.807) is 7.11 Å². The fourth-order valence-electron chi connectivity index (χ4n) is 2.21. The number of hydrogen-bond acceptors (Lipinski definition) is 2. The van der Waals surface area contributed by atoms with Crippen molar-refractivity contribution in [1.29, 1.82) is 0 Å². The summed E-state index contributed by atoms with van der Waals surface area (Å²) in [5, 5.41) is 4.22. The summed E-state index contributed by atoms with van der Waals surface area (Å²) in [4.78, 5) is 0. The lowest BCUT2D eigenvalue weighted by Gasteiger charge is -2.21. The Morgan fingerprint density at radius 1 is 1.19 bits per heavy atom. The number of nitrogens with one attached hydrogen (secondary N) is 1. The third-order valence-electron chi connectivity index (χ3n) is 3.19. The van der Waals surface area contributed by atoms with Crippen molar-refractivity contribution >= 4 is 43.5 Å². The lowest BCUT2D eigenvalue weighted by Crippen LogP contribution is -2.22. The Hall–Kier alpha value is -0.550. The molecule has 21 heavy (non-hydrogen) atoms. The van der Waals surface area contributed by atoms with Crippen LogP contribution in [0.3, 0.4) is 0 Å². The van der Waals surface area contributed by atoms with E-state index in [1.807, 2.05) is 24.3 Å². The van der Waals surface area contributed by atoms with Crippen LogP contribution in [0.15, 0.2) is 45.3 Å². The molecule has 2 nitrogen and oxygen atoms in total. The highest BCUT2D eigenvalue weighted by atomic mass is 79.9. The van der Waals surface area contributed by atoms with Crippen molar-refractivity contribution in [2.75, 3.05) is 13.7 Å². The first-order valence-electron chi connectivity index (χ1n) is 6.58. The minimum atomic E-state index is 0.0396. The van der Waals surface area contributed by atoms with Gasteiger partial charge in [-0.3, -0.25) is 0 Å². The first-order chi connectivity index (χ1) is 10.1. The molecule has 2 rings (SSSR count). The maximum Gasteiger partial charge on any atom is 0.133 e. The van der Waals surface area contributed by atoms with Crippen LogP contribution >= 0.6 is 43.5 Å². The minimum Gasteiger partial charge on any atom is -0.496 e.